The molecular formula is C15H9ClF2N2. The summed E-state index contributed by atoms with van der Waals surface area (Å²) in [6.07, 6.45) is 0. The monoisotopic (exact) mass is 290 g/mol. The van der Waals surface area contributed by atoms with Crippen LogP contribution in [0.5, 0.6) is 0 Å². The molecule has 3 rings (SSSR count). The van der Waals surface area contributed by atoms with Gasteiger partial charge in [0, 0.05) is 5.39 Å². The Bertz CT molecular complexity index is 798. The molecule has 0 radical (unpaired) electrons. The number of hydrogen-bond donors (Lipinski definition) is 0. The van der Waals surface area contributed by atoms with Gasteiger partial charge in [-0.3, -0.25) is 0 Å². The molecule has 0 aliphatic heterocycles. The maximum atomic E-state index is 13.8. The fourth-order valence-electron chi connectivity index (χ4n) is 2.08. The van der Waals surface area contributed by atoms with Crippen LogP contribution in [0.1, 0.15) is 5.56 Å². The van der Waals surface area contributed by atoms with Crippen molar-refractivity contribution in [3.8, 4) is 11.4 Å². The van der Waals surface area contributed by atoms with Crippen LogP contribution in [0.2, 0.25) is 5.15 Å². The summed E-state index contributed by atoms with van der Waals surface area (Å²) in [4.78, 5) is 8.26. The quantitative estimate of drug-likeness (QED) is 0.615. The molecule has 3 aromatic rings. The van der Waals surface area contributed by atoms with E-state index in [0.29, 0.717) is 10.9 Å². The van der Waals surface area contributed by atoms with Gasteiger partial charge in [0.1, 0.15) is 16.8 Å². The first kappa shape index (κ1) is 12.9. The summed E-state index contributed by atoms with van der Waals surface area (Å²) in [5.74, 6) is -1.48. The van der Waals surface area contributed by atoms with E-state index in [9.17, 15) is 8.78 Å². The van der Waals surface area contributed by atoms with Crippen molar-refractivity contribution in [3.63, 3.8) is 0 Å². The Labute approximate surface area is 119 Å². The van der Waals surface area contributed by atoms with Crippen molar-refractivity contribution in [3.05, 3.63) is 58.7 Å². The summed E-state index contributed by atoms with van der Waals surface area (Å²) in [7, 11) is 0. The van der Waals surface area contributed by atoms with Crippen LogP contribution in [0.15, 0.2) is 36.4 Å². The second kappa shape index (κ2) is 4.80. The molecule has 2 nitrogen and oxygen atoms in total. The van der Waals surface area contributed by atoms with E-state index in [2.05, 4.69) is 9.97 Å². The number of rotatable bonds is 1. The van der Waals surface area contributed by atoms with Gasteiger partial charge < -0.3 is 0 Å². The number of para-hydroxylation sites is 1. The Morgan fingerprint density at radius 3 is 2.30 bits per heavy atom. The maximum absolute atomic E-state index is 13.8. The van der Waals surface area contributed by atoms with Gasteiger partial charge in [0.05, 0.1) is 11.1 Å². The van der Waals surface area contributed by atoms with Gasteiger partial charge in [-0.15, -0.1) is 0 Å². The topological polar surface area (TPSA) is 25.8 Å². The van der Waals surface area contributed by atoms with Gasteiger partial charge >= 0.3 is 0 Å². The van der Waals surface area contributed by atoms with E-state index >= 15 is 0 Å². The van der Waals surface area contributed by atoms with Crippen LogP contribution < -0.4 is 0 Å². The molecule has 2 aromatic carbocycles. The van der Waals surface area contributed by atoms with Crippen molar-refractivity contribution in [1.82, 2.24) is 9.97 Å². The van der Waals surface area contributed by atoms with Crippen LogP contribution in [0.3, 0.4) is 0 Å². The predicted molar refractivity (Wildman–Crippen MR) is 74.6 cm³/mol. The van der Waals surface area contributed by atoms with E-state index < -0.39 is 11.6 Å². The predicted octanol–water partition coefficient (Wildman–Crippen LogP) is 4.54. The Morgan fingerprint density at radius 2 is 1.60 bits per heavy atom. The Hall–Kier alpha value is -2.07. The van der Waals surface area contributed by atoms with Gasteiger partial charge in [0.25, 0.3) is 0 Å². The third-order valence-corrected chi connectivity index (χ3v) is 3.36. The number of hydrogen-bond acceptors (Lipinski definition) is 2. The number of halogens is 3. The molecule has 100 valence electrons. The number of fused-ring (bicyclic) bond motifs is 1. The highest BCUT2D eigenvalue weighted by Crippen LogP contribution is 2.29. The van der Waals surface area contributed by atoms with Gasteiger partial charge in [0.2, 0.25) is 0 Å². The Balaban J connectivity index is 2.36. The lowest BCUT2D eigenvalue weighted by atomic mass is 10.1. The second-order valence-corrected chi connectivity index (χ2v) is 4.76. The van der Waals surface area contributed by atoms with Crippen molar-refractivity contribution in [2.24, 2.45) is 0 Å². The van der Waals surface area contributed by atoms with Gasteiger partial charge in [-0.05, 0) is 30.7 Å². The third-order valence-electron chi connectivity index (χ3n) is 3.07. The van der Waals surface area contributed by atoms with E-state index in [1.54, 1.807) is 6.07 Å². The van der Waals surface area contributed by atoms with Crippen LogP contribution in [0.4, 0.5) is 8.78 Å². The average Bonchev–Trinajstić information content (AvgIpc) is 2.40. The standard InChI is InChI=1S/C15H9ClF2N2/c1-8-4-2-5-9-13(8)19-15(20-14(9)16)12-10(17)6-3-7-11(12)18/h2-7H,1H3. The third kappa shape index (κ3) is 2.02. The average molecular weight is 291 g/mol. The summed E-state index contributed by atoms with van der Waals surface area (Å²) in [5.41, 5.74) is 1.19. The zero-order chi connectivity index (χ0) is 14.3. The minimum Gasteiger partial charge on any atom is -0.227 e. The highest BCUT2D eigenvalue weighted by molar-refractivity contribution is 6.34. The fraction of sp³-hybridized carbons (Fsp3) is 0.0667. The summed E-state index contributed by atoms with van der Waals surface area (Å²) >= 11 is 6.09. The van der Waals surface area contributed by atoms with Crippen molar-refractivity contribution in [1.29, 1.82) is 0 Å². The lowest BCUT2D eigenvalue weighted by molar-refractivity contribution is 0.587. The maximum Gasteiger partial charge on any atom is 0.167 e. The Kier molecular flexibility index (Phi) is 3.10. The van der Waals surface area contributed by atoms with Crippen LogP contribution in [-0.4, -0.2) is 9.97 Å². The van der Waals surface area contributed by atoms with E-state index in [0.717, 1.165) is 17.7 Å². The van der Waals surface area contributed by atoms with Crippen LogP contribution in [0.25, 0.3) is 22.3 Å². The zero-order valence-electron chi connectivity index (χ0n) is 10.5. The minimum atomic E-state index is -0.714. The molecule has 0 unspecified atom stereocenters. The smallest absolute Gasteiger partial charge is 0.167 e. The minimum absolute atomic E-state index is 0.0487. The first-order chi connectivity index (χ1) is 9.58. The van der Waals surface area contributed by atoms with Crippen LogP contribution >= 0.6 is 11.6 Å². The van der Waals surface area contributed by atoms with E-state index in [1.807, 2.05) is 19.1 Å². The summed E-state index contributed by atoms with van der Waals surface area (Å²) in [6.45, 7) is 1.85. The second-order valence-electron chi connectivity index (χ2n) is 4.41. The lowest BCUT2D eigenvalue weighted by Gasteiger charge is -2.08. The Morgan fingerprint density at radius 1 is 0.950 bits per heavy atom. The summed E-state index contributed by atoms with van der Waals surface area (Å²) in [6, 6.07) is 9.08. The normalized spacial score (nSPS) is 11.0. The molecule has 0 N–H and O–H groups in total. The van der Waals surface area contributed by atoms with Gasteiger partial charge in [-0.2, -0.15) is 0 Å². The lowest BCUT2D eigenvalue weighted by Crippen LogP contribution is -1.98. The number of aromatic nitrogens is 2. The van der Waals surface area contributed by atoms with Crippen molar-refractivity contribution in [2.45, 2.75) is 6.92 Å². The number of aryl methyl sites for hydroxylation is 1. The molecule has 20 heavy (non-hydrogen) atoms. The molecule has 0 aliphatic carbocycles. The van der Waals surface area contributed by atoms with Crippen LogP contribution in [0, 0.1) is 18.6 Å². The first-order valence-electron chi connectivity index (χ1n) is 5.95. The highest BCUT2D eigenvalue weighted by Gasteiger charge is 2.16. The number of nitrogens with zero attached hydrogens (tertiary/aromatic N) is 2. The molecule has 1 aromatic heterocycles. The largest absolute Gasteiger partial charge is 0.227 e. The molecule has 0 amide bonds. The molecule has 0 spiro atoms. The molecule has 1 heterocycles. The molecule has 0 saturated heterocycles. The van der Waals surface area contributed by atoms with E-state index in [1.165, 1.54) is 6.07 Å². The summed E-state index contributed by atoms with van der Waals surface area (Å²) < 4.78 is 27.6. The molecule has 5 heteroatoms. The van der Waals surface area contributed by atoms with E-state index in [-0.39, 0.29) is 16.5 Å². The van der Waals surface area contributed by atoms with Crippen molar-refractivity contribution < 1.29 is 8.78 Å². The van der Waals surface area contributed by atoms with Crippen LogP contribution in [-0.2, 0) is 0 Å². The first-order valence-corrected chi connectivity index (χ1v) is 6.33. The van der Waals surface area contributed by atoms with Crippen molar-refractivity contribution in [2.75, 3.05) is 0 Å². The van der Waals surface area contributed by atoms with Gasteiger partial charge in [-0.1, -0.05) is 29.8 Å². The summed E-state index contributed by atoms with van der Waals surface area (Å²) in [5, 5.41) is 0.837. The molecule has 0 saturated carbocycles. The highest BCUT2D eigenvalue weighted by atomic mass is 35.5. The molecule has 0 atom stereocenters. The van der Waals surface area contributed by atoms with E-state index in [4.69, 9.17) is 11.6 Å². The fourth-order valence-corrected chi connectivity index (χ4v) is 2.31. The van der Waals surface area contributed by atoms with Gasteiger partial charge in [0.15, 0.2) is 5.82 Å². The van der Waals surface area contributed by atoms with Crippen molar-refractivity contribution >= 4 is 22.5 Å². The van der Waals surface area contributed by atoms with Gasteiger partial charge in [-0.25, -0.2) is 18.7 Å². The molecular weight excluding hydrogens is 282 g/mol. The number of benzene rings is 2. The molecule has 0 bridgehead atoms. The SMILES string of the molecule is Cc1cccc2c(Cl)nc(-c3c(F)cccc3F)nc12. The molecule has 0 fully saturated rings. The molecule has 0 aliphatic rings. The zero-order valence-corrected chi connectivity index (χ0v) is 11.2.